The lowest BCUT2D eigenvalue weighted by atomic mass is 10.2. The van der Waals surface area contributed by atoms with Gasteiger partial charge in [-0.1, -0.05) is 30.3 Å². The van der Waals surface area contributed by atoms with Crippen molar-refractivity contribution in [3.63, 3.8) is 0 Å². The molecule has 6 nitrogen and oxygen atoms in total. The van der Waals surface area contributed by atoms with Gasteiger partial charge in [-0.2, -0.15) is 5.10 Å². The van der Waals surface area contributed by atoms with Crippen LogP contribution in [0.15, 0.2) is 42.7 Å². The van der Waals surface area contributed by atoms with Crippen molar-refractivity contribution >= 4 is 6.03 Å². The van der Waals surface area contributed by atoms with Crippen LogP contribution >= 0.6 is 0 Å². The van der Waals surface area contributed by atoms with Crippen LogP contribution in [0.5, 0.6) is 0 Å². The van der Waals surface area contributed by atoms with E-state index < -0.39 is 0 Å². The van der Waals surface area contributed by atoms with E-state index in [1.807, 2.05) is 43.6 Å². The van der Waals surface area contributed by atoms with Gasteiger partial charge in [0.25, 0.3) is 0 Å². The molecule has 1 aromatic heterocycles. The standard InChI is InChI=1S/C16H22N4O2/c1-19-12-15(11-18-19)7-8-17-16(22)20(9-10-21)13-14-5-3-2-4-6-14/h2-6,11-12,21H,7-10,13H2,1H3,(H,17,22). The summed E-state index contributed by atoms with van der Waals surface area (Å²) in [5, 5.41) is 16.1. The number of amides is 2. The van der Waals surface area contributed by atoms with Crippen LogP contribution in [0.1, 0.15) is 11.1 Å². The Hall–Kier alpha value is -2.34. The third-order valence-electron chi connectivity index (χ3n) is 3.32. The van der Waals surface area contributed by atoms with E-state index >= 15 is 0 Å². The van der Waals surface area contributed by atoms with Crippen LogP contribution in [0.2, 0.25) is 0 Å². The summed E-state index contributed by atoms with van der Waals surface area (Å²) in [5.41, 5.74) is 2.12. The highest BCUT2D eigenvalue weighted by Gasteiger charge is 2.12. The highest BCUT2D eigenvalue weighted by Crippen LogP contribution is 2.04. The van der Waals surface area contributed by atoms with Crippen LogP contribution in [0.25, 0.3) is 0 Å². The van der Waals surface area contributed by atoms with E-state index in [4.69, 9.17) is 5.11 Å². The second-order valence-electron chi connectivity index (χ2n) is 5.13. The molecule has 0 saturated carbocycles. The number of aliphatic hydroxyl groups is 1. The second kappa shape index (κ2) is 8.19. The number of hydrogen-bond donors (Lipinski definition) is 2. The second-order valence-corrected chi connectivity index (χ2v) is 5.13. The summed E-state index contributed by atoms with van der Waals surface area (Å²) in [5.74, 6) is 0. The third-order valence-corrected chi connectivity index (χ3v) is 3.32. The van der Waals surface area contributed by atoms with Gasteiger partial charge in [0.05, 0.1) is 12.8 Å². The molecule has 0 radical (unpaired) electrons. The number of aliphatic hydroxyl groups excluding tert-OH is 1. The lowest BCUT2D eigenvalue weighted by Crippen LogP contribution is -2.41. The fourth-order valence-corrected chi connectivity index (χ4v) is 2.20. The smallest absolute Gasteiger partial charge is 0.317 e. The van der Waals surface area contributed by atoms with E-state index in [1.165, 1.54) is 0 Å². The Morgan fingerprint density at radius 2 is 2.09 bits per heavy atom. The number of aryl methyl sites for hydroxylation is 1. The van der Waals surface area contributed by atoms with Gasteiger partial charge in [-0.25, -0.2) is 4.79 Å². The Balaban J connectivity index is 1.83. The van der Waals surface area contributed by atoms with Gasteiger partial charge in [0.1, 0.15) is 0 Å². The zero-order valence-corrected chi connectivity index (χ0v) is 12.8. The molecule has 118 valence electrons. The van der Waals surface area contributed by atoms with Gasteiger partial charge in [0.2, 0.25) is 0 Å². The summed E-state index contributed by atoms with van der Waals surface area (Å²) >= 11 is 0. The molecule has 2 N–H and O–H groups in total. The molecule has 0 aliphatic carbocycles. The number of nitrogens with zero attached hydrogens (tertiary/aromatic N) is 3. The van der Waals surface area contributed by atoms with E-state index in [1.54, 1.807) is 15.8 Å². The number of aromatic nitrogens is 2. The molecule has 0 aliphatic heterocycles. The Morgan fingerprint density at radius 3 is 2.73 bits per heavy atom. The molecule has 0 spiro atoms. The lowest BCUT2D eigenvalue weighted by molar-refractivity contribution is 0.174. The number of benzene rings is 1. The molecule has 1 aromatic carbocycles. The predicted octanol–water partition coefficient (Wildman–Crippen LogP) is 1.17. The summed E-state index contributed by atoms with van der Waals surface area (Å²) in [6.45, 7) is 1.29. The van der Waals surface area contributed by atoms with Crippen molar-refractivity contribution < 1.29 is 9.90 Å². The van der Waals surface area contributed by atoms with E-state index in [9.17, 15) is 4.79 Å². The summed E-state index contributed by atoms with van der Waals surface area (Å²) in [6, 6.07) is 9.58. The van der Waals surface area contributed by atoms with Gasteiger partial charge in [-0.05, 0) is 17.5 Å². The first-order chi connectivity index (χ1) is 10.7. The number of nitrogens with one attached hydrogen (secondary N) is 1. The maximum absolute atomic E-state index is 12.2. The molecule has 2 aromatic rings. The summed E-state index contributed by atoms with van der Waals surface area (Å²) in [6.07, 6.45) is 4.46. The molecular weight excluding hydrogens is 280 g/mol. The lowest BCUT2D eigenvalue weighted by Gasteiger charge is -2.22. The molecule has 0 bridgehead atoms. The van der Waals surface area contributed by atoms with Gasteiger partial charge in [-0.15, -0.1) is 0 Å². The highest BCUT2D eigenvalue weighted by atomic mass is 16.3. The van der Waals surface area contributed by atoms with Gasteiger partial charge in [0.15, 0.2) is 0 Å². The van der Waals surface area contributed by atoms with Crippen LogP contribution in [-0.2, 0) is 20.0 Å². The van der Waals surface area contributed by atoms with Crippen LogP contribution in [0.4, 0.5) is 4.79 Å². The number of rotatable bonds is 7. The van der Waals surface area contributed by atoms with Crippen LogP contribution < -0.4 is 5.32 Å². The molecule has 0 saturated heterocycles. The fourth-order valence-electron chi connectivity index (χ4n) is 2.20. The molecule has 0 atom stereocenters. The average molecular weight is 302 g/mol. The number of carbonyl (C=O) groups excluding carboxylic acids is 1. The first kappa shape index (κ1) is 16.0. The quantitative estimate of drug-likeness (QED) is 0.806. The zero-order valence-electron chi connectivity index (χ0n) is 12.8. The van der Waals surface area contributed by atoms with Crippen molar-refractivity contribution in [3.8, 4) is 0 Å². The highest BCUT2D eigenvalue weighted by molar-refractivity contribution is 5.74. The molecule has 0 fully saturated rings. The Bertz CT molecular complexity index is 583. The van der Waals surface area contributed by atoms with Crippen molar-refractivity contribution in [2.75, 3.05) is 19.7 Å². The molecule has 1 heterocycles. The SMILES string of the molecule is Cn1cc(CCNC(=O)N(CCO)Cc2ccccc2)cn1. The Kier molecular flexibility index (Phi) is 5.97. The van der Waals surface area contributed by atoms with Crippen molar-refractivity contribution in [2.24, 2.45) is 7.05 Å². The molecular formula is C16H22N4O2. The normalized spacial score (nSPS) is 10.5. The van der Waals surface area contributed by atoms with Crippen molar-refractivity contribution in [3.05, 3.63) is 53.9 Å². The molecule has 0 unspecified atom stereocenters. The van der Waals surface area contributed by atoms with Crippen molar-refractivity contribution in [1.82, 2.24) is 20.0 Å². The number of urea groups is 1. The third kappa shape index (κ3) is 4.89. The van der Waals surface area contributed by atoms with Crippen LogP contribution in [0.3, 0.4) is 0 Å². The molecule has 0 aliphatic rings. The van der Waals surface area contributed by atoms with Crippen molar-refractivity contribution in [2.45, 2.75) is 13.0 Å². The monoisotopic (exact) mass is 302 g/mol. The topological polar surface area (TPSA) is 70.4 Å². The summed E-state index contributed by atoms with van der Waals surface area (Å²) < 4.78 is 1.74. The zero-order chi connectivity index (χ0) is 15.8. The van der Waals surface area contributed by atoms with E-state index in [0.717, 1.165) is 17.5 Å². The largest absolute Gasteiger partial charge is 0.395 e. The minimum atomic E-state index is -0.165. The van der Waals surface area contributed by atoms with Gasteiger partial charge in [-0.3, -0.25) is 4.68 Å². The van der Waals surface area contributed by atoms with Crippen LogP contribution in [0, 0.1) is 0 Å². The number of carbonyl (C=O) groups is 1. The number of hydrogen-bond acceptors (Lipinski definition) is 3. The van der Waals surface area contributed by atoms with E-state index in [2.05, 4.69) is 10.4 Å². The Morgan fingerprint density at radius 1 is 1.32 bits per heavy atom. The molecule has 2 amide bonds. The van der Waals surface area contributed by atoms with Gasteiger partial charge in [0, 0.05) is 32.9 Å². The van der Waals surface area contributed by atoms with E-state index in [-0.39, 0.29) is 12.6 Å². The average Bonchev–Trinajstić information content (AvgIpc) is 2.93. The van der Waals surface area contributed by atoms with Crippen molar-refractivity contribution in [1.29, 1.82) is 0 Å². The minimum Gasteiger partial charge on any atom is -0.395 e. The summed E-state index contributed by atoms with van der Waals surface area (Å²) in [4.78, 5) is 13.8. The molecule has 6 heteroatoms. The summed E-state index contributed by atoms with van der Waals surface area (Å²) in [7, 11) is 1.87. The van der Waals surface area contributed by atoms with Gasteiger partial charge < -0.3 is 15.3 Å². The molecule has 22 heavy (non-hydrogen) atoms. The van der Waals surface area contributed by atoms with E-state index in [0.29, 0.717) is 19.6 Å². The van der Waals surface area contributed by atoms with Crippen LogP contribution in [-0.4, -0.2) is 45.5 Å². The maximum atomic E-state index is 12.2. The Labute approximate surface area is 130 Å². The molecule has 2 rings (SSSR count). The first-order valence-electron chi connectivity index (χ1n) is 7.34. The maximum Gasteiger partial charge on any atom is 0.317 e. The fraction of sp³-hybridized carbons (Fsp3) is 0.375. The predicted molar refractivity (Wildman–Crippen MR) is 84.2 cm³/mol. The van der Waals surface area contributed by atoms with Gasteiger partial charge >= 0.3 is 6.03 Å². The minimum absolute atomic E-state index is 0.0527. The first-order valence-corrected chi connectivity index (χ1v) is 7.34.